The van der Waals surface area contributed by atoms with E-state index in [0.717, 1.165) is 25.9 Å². The summed E-state index contributed by atoms with van der Waals surface area (Å²) < 4.78 is 7.32. The molecule has 2 atom stereocenters. The van der Waals surface area contributed by atoms with E-state index >= 15 is 0 Å². The Morgan fingerprint density at radius 3 is 3.06 bits per heavy atom. The number of hydrogen-bond acceptors (Lipinski definition) is 4. The van der Waals surface area contributed by atoms with Gasteiger partial charge in [-0.1, -0.05) is 0 Å². The summed E-state index contributed by atoms with van der Waals surface area (Å²) in [6.45, 7) is 4.93. The van der Waals surface area contributed by atoms with Gasteiger partial charge in [-0.2, -0.15) is 5.10 Å². The van der Waals surface area contributed by atoms with E-state index in [2.05, 4.69) is 10.1 Å². The Hall–Kier alpha value is -0.940. The molecule has 1 aliphatic heterocycles. The van der Waals surface area contributed by atoms with Gasteiger partial charge in [0.2, 0.25) is 0 Å². The first-order valence-electron chi connectivity index (χ1n) is 6.37. The van der Waals surface area contributed by atoms with Gasteiger partial charge in [0, 0.05) is 12.6 Å². The quantitative estimate of drug-likeness (QED) is 0.852. The van der Waals surface area contributed by atoms with Crippen LogP contribution in [0.5, 0.6) is 0 Å². The van der Waals surface area contributed by atoms with Crippen molar-refractivity contribution in [2.45, 2.75) is 57.8 Å². The minimum atomic E-state index is -0.538. The van der Waals surface area contributed by atoms with Crippen LogP contribution in [0.15, 0.2) is 6.33 Å². The number of aliphatic hydroxyl groups is 1. The topological polar surface area (TPSA) is 60.2 Å². The van der Waals surface area contributed by atoms with Gasteiger partial charge in [-0.15, -0.1) is 0 Å². The summed E-state index contributed by atoms with van der Waals surface area (Å²) in [7, 11) is 0. The maximum absolute atomic E-state index is 10.1. The van der Waals surface area contributed by atoms with E-state index in [-0.39, 0.29) is 6.04 Å². The highest BCUT2D eigenvalue weighted by molar-refractivity contribution is 4.92. The molecule has 0 amide bonds. The van der Waals surface area contributed by atoms with E-state index in [0.29, 0.717) is 18.3 Å². The fraction of sp³-hybridized carbons (Fsp3) is 0.833. The van der Waals surface area contributed by atoms with Crippen LogP contribution >= 0.6 is 0 Å². The standard InChI is InChI=1S/C12H21N3O2/c1-9(2)15-12(13-8-14-15)11(16)6-5-10-4-3-7-17-10/h8-11,16H,3-7H2,1-2H3. The zero-order valence-corrected chi connectivity index (χ0v) is 10.5. The van der Waals surface area contributed by atoms with Crippen molar-refractivity contribution in [3.63, 3.8) is 0 Å². The van der Waals surface area contributed by atoms with Gasteiger partial charge in [-0.05, 0) is 39.5 Å². The first-order valence-corrected chi connectivity index (χ1v) is 6.37. The van der Waals surface area contributed by atoms with E-state index in [1.54, 1.807) is 4.68 Å². The van der Waals surface area contributed by atoms with Crippen molar-refractivity contribution < 1.29 is 9.84 Å². The molecular formula is C12H21N3O2. The maximum atomic E-state index is 10.1. The van der Waals surface area contributed by atoms with Crippen LogP contribution in [0, 0.1) is 0 Å². The second kappa shape index (κ2) is 5.60. The zero-order valence-electron chi connectivity index (χ0n) is 10.5. The second-order valence-corrected chi connectivity index (χ2v) is 4.88. The predicted molar refractivity (Wildman–Crippen MR) is 63.6 cm³/mol. The number of hydrogen-bond donors (Lipinski definition) is 1. The zero-order chi connectivity index (χ0) is 12.3. The lowest BCUT2D eigenvalue weighted by atomic mass is 10.1. The highest BCUT2D eigenvalue weighted by Gasteiger charge is 2.21. The lowest BCUT2D eigenvalue weighted by molar-refractivity contribution is 0.0772. The molecule has 2 heterocycles. The molecule has 1 fully saturated rings. The molecule has 0 aromatic carbocycles. The lowest BCUT2D eigenvalue weighted by Gasteiger charge is -2.16. The van der Waals surface area contributed by atoms with Crippen LogP contribution in [0.2, 0.25) is 0 Å². The number of aromatic nitrogens is 3. The molecule has 2 rings (SSSR count). The molecule has 1 aromatic rings. The Bertz CT molecular complexity index is 345. The van der Waals surface area contributed by atoms with Gasteiger partial charge in [-0.25, -0.2) is 9.67 Å². The van der Waals surface area contributed by atoms with Crippen molar-refractivity contribution in [3.05, 3.63) is 12.2 Å². The molecule has 96 valence electrons. The van der Waals surface area contributed by atoms with E-state index < -0.39 is 6.10 Å². The minimum absolute atomic E-state index is 0.227. The first kappa shape index (κ1) is 12.5. The Balaban J connectivity index is 1.89. The van der Waals surface area contributed by atoms with Crippen LogP contribution in [0.3, 0.4) is 0 Å². The molecule has 0 spiro atoms. The lowest BCUT2D eigenvalue weighted by Crippen LogP contribution is -2.14. The molecule has 17 heavy (non-hydrogen) atoms. The van der Waals surface area contributed by atoms with Gasteiger partial charge < -0.3 is 9.84 Å². The normalized spacial score (nSPS) is 22.2. The van der Waals surface area contributed by atoms with Crippen molar-refractivity contribution >= 4 is 0 Å². The van der Waals surface area contributed by atoms with Gasteiger partial charge in [-0.3, -0.25) is 0 Å². The maximum Gasteiger partial charge on any atom is 0.155 e. The van der Waals surface area contributed by atoms with Crippen LogP contribution in [0.1, 0.15) is 57.5 Å². The number of ether oxygens (including phenoxy) is 1. The monoisotopic (exact) mass is 239 g/mol. The van der Waals surface area contributed by atoms with E-state index in [4.69, 9.17) is 4.74 Å². The van der Waals surface area contributed by atoms with Crippen molar-refractivity contribution in [2.24, 2.45) is 0 Å². The molecule has 0 radical (unpaired) electrons. The van der Waals surface area contributed by atoms with Crippen LogP contribution in [-0.2, 0) is 4.74 Å². The summed E-state index contributed by atoms with van der Waals surface area (Å²) in [5.41, 5.74) is 0. The molecule has 0 aliphatic carbocycles. The predicted octanol–water partition coefficient (Wildman–Crippen LogP) is 1.85. The molecular weight excluding hydrogens is 218 g/mol. The van der Waals surface area contributed by atoms with Crippen LogP contribution < -0.4 is 0 Å². The fourth-order valence-electron chi connectivity index (χ4n) is 2.24. The fourth-order valence-corrected chi connectivity index (χ4v) is 2.24. The average Bonchev–Trinajstić information content (AvgIpc) is 2.96. The Morgan fingerprint density at radius 2 is 2.41 bits per heavy atom. The van der Waals surface area contributed by atoms with Gasteiger partial charge in [0.15, 0.2) is 5.82 Å². The SMILES string of the molecule is CC(C)n1ncnc1C(O)CCC1CCCO1. The molecule has 1 aliphatic rings. The Kier molecular flexibility index (Phi) is 4.12. The van der Waals surface area contributed by atoms with E-state index in [9.17, 15) is 5.11 Å². The smallest absolute Gasteiger partial charge is 0.155 e. The number of nitrogens with zero attached hydrogens (tertiary/aromatic N) is 3. The summed E-state index contributed by atoms with van der Waals surface area (Å²) in [5.74, 6) is 0.665. The highest BCUT2D eigenvalue weighted by Crippen LogP contribution is 2.23. The molecule has 0 saturated carbocycles. The largest absolute Gasteiger partial charge is 0.385 e. The highest BCUT2D eigenvalue weighted by atomic mass is 16.5. The second-order valence-electron chi connectivity index (χ2n) is 4.88. The van der Waals surface area contributed by atoms with E-state index in [1.807, 2.05) is 13.8 Å². The van der Waals surface area contributed by atoms with Crippen molar-refractivity contribution in [2.75, 3.05) is 6.61 Å². The van der Waals surface area contributed by atoms with Gasteiger partial charge in [0.05, 0.1) is 6.10 Å². The third-order valence-corrected chi connectivity index (χ3v) is 3.17. The van der Waals surface area contributed by atoms with Crippen molar-refractivity contribution in [1.82, 2.24) is 14.8 Å². The molecule has 1 saturated heterocycles. The molecule has 5 nitrogen and oxygen atoms in total. The summed E-state index contributed by atoms with van der Waals surface area (Å²) in [6, 6.07) is 0.227. The summed E-state index contributed by atoms with van der Waals surface area (Å²) in [5, 5.41) is 14.3. The van der Waals surface area contributed by atoms with Crippen molar-refractivity contribution in [3.8, 4) is 0 Å². The van der Waals surface area contributed by atoms with E-state index in [1.165, 1.54) is 6.33 Å². The Labute approximate surface area is 102 Å². The minimum Gasteiger partial charge on any atom is -0.385 e. The third-order valence-electron chi connectivity index (χ3n) is 3.17. The summed E-state index contributed by atoms with van der Waals surface area (Å²) in [4.78, 5) is 4.14. The summed E-state index contributed by atoms with van der Waals surface area (Å²) >= 11 is 0. The third kappa shape index (κ3) is 3.04. The molecule has 1 aromatic heterocycles. The molecule has 2 unspecified atom stereocenters. The van der Waals surface area contributed by atoms with Gasteiger partial charge >= 0.3 is 0 Å². The van der Waals surface area contributed by atoms with Crippen LogP contribution in [0.25, 0.3) is 0 Å². The van der Waals surface area contributed by atoms with Crippen LogP contribution in [0.4, 0.5) is 0 Å². The summed E-state index contributed by atoms with van der Waals surface area (Å²) in [6.07, 6.45) is 5.13. The van der Waals surface area contributed by atoms with Crippen molar-refractivity contribution in [1.29, 1.82) is 0 Å². The number of rotatable bonds is 5. The molecule has 1 N–H and O–H groups in total. The average molecular weight is 239 g/mol. The van der Waals surface area contributed by atoms with Gasteiger partial charge in [0.1, 0.15) is 12.4 Å². The first-order chi connectivity index (χ1) is 8.18. The molecule has 0 bridgehead atoms. The van der Waals surface area contributed by atoms with Gasteiger partial charge in [0.25, 0.3) is 0 Å². The van der Waals surface area contributed by atoms with Crippen LogP contribution in [-0.4, -0.2) is 32.6 Å². The number of aliphatic hydroxyl groups excluding tert-OH is 1. The molecule has 5 heteroatoms. The Morgan fingerprint density at radius 1 is 1.59 bits per heavy atom.